The third kappa shape index (κ3) is 6.79. The molecule has 0 aromatic heterocycles. The molecule has 34 heavy (non-hydrogen) atoms. The van der Waals surface area contributed by atoms with Gasteiger partial charge in [0.2, 0.25) is 10.0 Å². The molecule has 0 amide bonds. The SMILES string of the molecule is O=C(O)c1ccccc1NCC(CCBr)c1cccc(S(=O)(=O)NCc2ccc(F)c(Cl)c2)c1. The highest BCUT2D eigenvalue weighted by molar-refractivity contribution is 9.09. The second kappa shape index (κ2) is 11.8. The van der Waals surface area contributed by atoms with Crippen molar-refractivity contribution in [2.45, 2.75) is 23.8 Å². The number of nitrogens with one attached hydrogen (secondary N) is 2. The number of rotatable bonds is 11. The van der Waals surface area contributed by atoms with Gasteiger partial charge in [0.15, 0.2) is 0 Å². The van der Waals surface area contributed by atoms with Crippen LogP contribution in [0.15, 0.2) is 71.6 Å². The Balaban J connectivity index is 1.76. The zero-order chi connectivity index (χ0) is 24.7. The Labute approximate surface area is 211 Å². The Morgan fingerprint density at radius 2 is 1.85 bits per heavy atom. The zero-order valence-corrected chi connectivity index (χ0v) is 21.1. The first-order chi connectivity index (χ1) is 16.2. The molecule has 3 aromatic carbocycles. The fourth-order valence-electron chi connectivity index (χ4n) is 3.42. The lowest BCUT2D eigenvalue weighted by Gasteiger charge is -2.19. The summed E-state index contributed by atoms with van der Waals surface area (Å²) in [6.07, 6.45) is 0.702. The van der Waals surface area contributed by atoms with Crippen molar-refractivity contribution in [3.05, 3.63) is 94.3 Å². The second-order valence-corrected chi connectivity index (χ2v) is 10.5. The molecule has 180 valence electrons. The van der Waals surface area contributed by atoms with Gasteiger partial charge in [0, 0.05) is 30.0 Å². The van der Waals surface area contributed by atoms with Crippen LogP contribution in [-0.2, 0) is 16.6 Å². The van der Waals surface area contributed by atoms with Gasteiger partial charge in [-0.05, 0) is 53.9 Å². The monoisotopic (exact) mass is 568 g/mol. The number of aromatic carboxylic acids is 1. The Kier molecular flexibility index (Phi) is 9.07. The molecule has 1 unspecified atom stereocenters. The predicted molar refractivity (Wildman–Crippen MR) is 135 cm³/mol. The van der Waals surface area contributed by atoms with Crippen LogP contribution in [-0.4, -0.2) is 31.4 Å². The highest BCUT2D eigenvalue weighted by Gasteiger charge is 2.19. The summed E-state index contributed by atoms with van der Waals surface area (Å²) in [7, 11) is -3.83. The smallest absolute Gasteiger partial charge is 0.337 e. The Bertz CT molecular complexity index is 1270. The number of carboxylic acids is 1. The summed E-state index contributed by atoms with van der Waals surface area (Å²) in [6, 6.07) is 17.3. The van der Waals surface area contributed by atoms with Gasteiger partial charge in [-0.3, -0.25) is 0 Å². The van der Waals surface area contributed by atoms with Gasteiger partial charge in [-0.2, -0.15) is 0 Å². The molecule has 0 aliphatic carbocycles. The molecule has 0 radical (unpaired) electrons. The van der Waals surface area contributed by atoms with E-state index in [1.807, 2.05) is 6.07 Å². The van der Waals surface area contributed by atoms with Crippen molar-refractivity contribution in [3.63, 3.8) is 0 Å². The van der Waals surface area contributed by atoms with Crippen LogP contribution in [0.1, 0.15) is 33.8 Å². The maximum atomic E-state index is 13.3. The van der Waals surface area contributed by atoms with Crippen molar-refractivity contribution >= 4 is 49.2 Å². The van der Waals surface area contributed by atoms with Crippen LogP contribution < -0.4 is 10.0 Å². The Morgan fingerprint density at radius 3 is 2.56 bits per heavy atom. The number of alkyl halides is 1. The molecule has 3 aromatic rings. The summed E-state index contributed by atoms with van der Waals surface area (Å²) in [6.45, 7) is 0.381. The molecule has 0 aliphatic heterocycles. The van der Waals surface area contributed by atoms with Crippen molar-refractivity contribution in [3.8, 4) is 0 Å². The zero-order valence-electron chi connectivity index (χ0n) is 18.0. The van der Waals surface area contributed by atoms with E-state index in [9.17, 15) is 22.7 Å². The van der Waals surface area contributed by atoms with E-state index in [-0.39, 0.29) is 27.9 Å². The molecular formula is C24H23BrClFN2O4S. The maximum Gasteiger partial charge on any atom is 0.337 e. The molecule has 0 saturated carbocycles. The third-order valence-electron chi connectivity index (χ3n) is 5.24. The van der Waals surface area contributed by atoms with Gasteiger partial charge >= 0.3 is 5.97 Å². The quantitative estimate of drug-likeness (QED) is 0.260. The van der Waals surface area contributed by atoms with Crippen molar-refractivity contribution in [2.24, 2.45) is 0 Å². The lowest BCUT2D eigenvalue weighted by atomic mass is 9.96. The average Bonchev–Trinajstić information content (AvgIpc) is 2.82. The molecule has 0 aliphatic rings. The fourth-order valence-corrected chi connectivity index (χ4v) is 5.25. The summed E-state index contributed by atoms with van der Waals surface area (Å²) < 4.78 is 41.6. The van der Waals surface area contributed by atoms with Crippen LogP contribution in [0.25, 0.3) is 0 Å². The van der Waals surface area contributed by atoms with Crippen molar-refractivity contribution in [1.29, 1.82) is 0 Å². The molecule has 10 heteroatoms. The Hall–Kier alpha value is -2.46. The number of halogens is 3. The van der Waals surface area contributed by atoms with Crippen LogP contribution in [0.4, 0.5) is 10.1 Å². The fraction of sp³-hybridized carbons (Fsp3) is 0.208. The first-order valence-corrected chi connectivity index (χ1v) is 13.3. The van der Waals surface area contributed by atoms with Gasteiger partial charge in [0.05, 0.1) is 15.5 Å². The number of para-hydroxylation sites is 1. The minimum atomic E-state index is -3.83. The highest BCUT2D eigenvalue weighted by Crippen LogP contribution is 2.25. The van der Waals surface area contributed by atoms with Crippen molar-refractivity contribution in [2.75, 3.05) is 17.2 Å². The number of benzene rings is 3. The number of hydrogen-bond acceptors (Lipinski definition) is 4. The third-order valence-corrected chi connectivity index (χ3v) is 7.39. The van der Waals surface area contributed by atoms with Gasteiger partial charge in [-0.25, -0.2) is 22.3 Å². The van der Waals surface area contributed by atoms with Crippen LogP contribution in [0.2, 0.25) is 5.02 Å². The predicted octanol–water partition coefficient (Wildman–Crippen LogP) is 5.64. The lowest BCUT2D eigenvalue weighted by Crippen LogP contribution is -2.23. The summed E-state index contributed by atoms with van der Waals surface area (Å²) in [5.74, 6) is -1.67. The minimum absolute atomic E-state index is 0.0368. The maximum absolute atomic E-state index is 13.3. The minimum Gasteiger partial charge on any atom is -0.478 e. The van der Waals surface area contributed by atoms with Gasteiger partial charge in [0.25, 0.3) is 0 Å². The highest BCUT2D eigenvalue weighted by atomic mass is 79.9. The molecule has 3 rings (SSSR count). The van der Waals surface area contributed by atoms with Crippen LogP contribution in [0.5, 0.6) is 0 Å². The topological polar surface area (TPSA) is 95.5 Å². The average molecular weight is 570 g/mol. The summed E-state index contributed by atoms with van der Waals surface area (Å²) in [4.78, 5) is 11.6. The standard InChI is InChI=1S/C24H23BrClFN2O4S/c25-11-10-18(15-28-23-7-2-1-6-20(23)24(30)31)17-4-3-5-19(13-17)34(32,33)29-14-16-8-9-22(27)21(26)12-16/h1-9,12-13,18,28-29H,10-11,14-15H2,(H,30,31). The van der Waals surface area contributed by atoms with Gasteiger partial charge in [-0.15, -0.1) is 0 Å². The van der Waals surface area contributed by atoms with E-state index in [1.165, 1.54) is 30.3 Å². The molecule has 0 fully saturated rings. The van der Waals surface area contributed by atoms with E-state index in [0.29, 0.717) is 29.5 Å². The molecule has 0 spiro atoms. The van der Waals surface area contributed by atoms with Gasteiger partial charge < -0.3 is 10.4 Å². The van der Waals surface area contributed by atoms with E-state index in [1.54, 1.807) is 30.3 Å². The number of hydrogen-bond donors (Lipinski definition) is 3. The van der Waals surface area contributed by atoms with Crippen molar-refractivity contribution < 1.29 is 22.7 Å². The number of carbonyl (C=O) groups is 1. The van der Waals surface area contributed by atoms with E-state index in [2.05, 4.69) is 26.0 Å². The van der Waals surface area contributed by atoms with Crippen LogP contribution in [0, 0.1) is 5.82 Å². The molecule has 0 heterocycles. The van der Waals surface area contributed by atoms with E-state index in [0.717, 1.165) is 5.56 Å². The largest absolute Gasteiger partial charge is 0.478 e. The lowest BCUT2D eigenvalue weighted by molar-refractivity contribution is 0.0698. The van der Waals surface area contributed by atoms with E-state index in [4.69, 9.17) is 11.6 Å². The molecule has 0 saturated heterocycles. The molecule has 1 atom stereocenters. The number of carboxylic acid groups (broad SMARTS) is 1. The summed E-state index contributed by atoms with van der Waals surface area (Å²) in [5, 5.41) is 13.2. The van der Waals surface area contributed by atoms with E-state index < -0.39 is 21.8 Å². The van der Waals surface area contributed by atoms with Crippen LogP contribution in [0.3, 0.4) is 0 Å². The van der Waals surface area contributed by atoms with Gasteiger partial charge in [-0.1, -0.05) is 57.9 Å². The van der Waals surface area contributed by atoms with Gasteiger partial charge in [0.1, 0.15) is 5.82 Å². The normalized spacial score (nSPS) is 12.3. The molecule has 6 nitrogen and oxygen atoms in total. The van der Waals surface area contributed by atoms with Crippen molar-refractivity contribution in [1.82, 2.24) is 4.72 Å². The molecular weight excluding hydrogens is 547 g/mol. The summed E-state index contributed by atoms with van der Waals surface area (Å²) >= 11 is 9.21. The summed E-state index contributed by atoms with van der Waals surface area (Å²) in [5.41, 5.74) is 2.00. The number of sulfonamides is 1. The van der Waals surface area contributed by atoms with E-state index >= 15 is 0 Å². The molecule has 0 bridgehead atoms. The molecule has 3 N–H and O–H groups in total. The first-order valence-electron chi connectivity index (χ1n) is 10.4. The number of anilines is 1. The Morgan fingerprint density at radius 1 is 1.09 bits per heavy atom. The second-order valence-electron chi connectivity index (χ2n) is 7.55. The first kappa shape index (κ1) is 26.2. The van der Waals surface area contributed by atoms with Crippen LogP contribution >= 0.6 is 27.5 Å².